The first-order chi connectivity index (χ1) is 12.6. The van der Waals surface area contributed by atoms with Gasteiger partial charge in [-0.15, -0.1) is 0 Å². The number of benzene rings is 1. The molecule has 2 saturated heterocycles. The second-order valence-electron chi connectivity index (χ2n) is 8.40. The first kappa shape index (κ1) is 20.1. The monoisotopic (exact) mass is 440 g/mol. The molecule has 27 heavy (non-hydrogen) atoms. The van der Waals surface area contributed by atoms with Crippen LogP contribution in [0.2, 0.25) is 0 Å². The fourth-order valence-corrected chi connectivity index (χ4v) is 4.24. The number of amides is 2. The Morgan fingerprint density at radius 3 is 2.44 bits per heavy atom. The molecule has 0 atom stereocenters. The van der Waals surface area contributed by atoms with Gasteiger partial charge in [0.2, 0.25) is 5.91 Å². The molecule has 0 bridgehead atoms. The molecule has 2 fully saturated rings. The Kier molecular flexibility index (Phi) is 5.52. The molecule has 2 amide bonds. The molecule has 148 valence electrons. The van der Waals surface area contributed by atoms with Gasteiger partial charge in [-0.1, -0.05) is 15.9 Å². The van der Waals surface area contributed by atoms with E-state index in [-0.39, 0.29) is 12.0 Å². The van der Waals surface area contributed by atoms with Crippen LogP contribution in [0, 0.1) is 11.2 Å². The summed E-state index contributed by atoms with van der Waals surface area (Å²) < 4.78 is 20.5. The fraction of sp³-hybridized carbons (Fsp3) is 0.600. The summed E-state index contributed by atoms with van der Waals surface area (Å²) in [5.41, 5.74) is -0.726. The minimum absolute atomic E-state index is 0.0289. The predicted molar refractivity (Wildman–Crippen MR) is 105 cm³/mol. The molecule has 0 unspecified atom stereocenters. The molecule has 1 spiro atoms. The average molecular weight is 441 g/mol. The van der Waals surface area contributed by atoms with Crippen LogP contribution in [0.5, 0.6) is 0 Å². The first-order valence-electron chi connectivity index (χ1n) is 9.36. The smallest absolute Gasteiger partial charge is 0.410 e. The Labute approximate surface area is 168 Å². The van der Waals surface area contributed by atoms with Crippen LogP contribution in [-0.4, -0.2) is 42.1 Å². The standard InChI is InChI=1S/C20H26BrFN2O3/c1-19(2,3)27-18(26)23-11-8-20(9-12-23)7-4-10-24(17(20)25)16-6-5-14(21)13-15(16)22/h5-6,13H,4,7-12H2,1-3H3. The van der Waals surface area contributed by atoms with Crippen LogP contribution in [0.3, 0.4) is 0 Å². The summed E-state index contributed by atoms with van der Waals surface area (Å²) in [5, 5.41) is 0. The van der Waals surface area contributed by atoms with Gasteiger partial charge in [0, 0.05) is 24.1 Å². The van der Waals surface area contributed by atoms with Crippen molar-refractivity contribution in [3.8, 4) is 0 Å². The number of rotatable bonds is 1. The third-order valence-electron chi connectivity index (χ3n) is 5.31. The minimum atomic E-state index is -0.539. The zero-order valence-corrected chi connectivity index (χ0v) is 17.6. The van der Waals surface area contributed by atoms with E-state index >= 15 is 0 Å². The van der Waals surface area contributed by atoms with Gasteiger partial charge in [-0.25, -0.2) is 9.18 Å². The maximum absolute atomic E-state index is 14.4. The van der Waals surface area contributed by atoms with E-state index in [2.05, 4.69) is 15.9 Å². The second-order valence-corrected chi connectivity index (χ2v) is 9.32. The highest BCUT2D eigenvalue weighted by Gasteiger charge is 2.47. The van der Waals surface area contributed by atoms with Crippen molar-refractivity contribution in [2.24, 2.45) is 5.41 Å². The van der Waals surface area contributed by atoms with E-state index in [1.54, 1.807) is 21.9 Å². The van der Waals surface area contributed by atoms with Gasteiger partial charge in [-0.2, -0.15) is 0 Å². The van der Waals surface area contributed by atoms with Crippen molar-refractivity contribution in [1.29, 1.82) is 0 Å². The summed E-state index contributed by atoms with van der Waals surface area (Å²) in [4.78, 5) is 28.8. The van der Waals surface area contributed by atoms with E-state index in [1.807, 2.05) is 20.8 Å². The number of anilines is 1. The lowest BCUT2D eigenvalue weighted by Gasteiger charge is -2.46. The highest BCUT2D eigenvalue weighted by Crippen LogP contribution is 2.43. The number of carbonyl (C=O) groups is 2. The number of likely N-dealkylation sites (tertiary alicyclic amines) is 1. The number of carbonyl (C=O) groups excluding carboxylic acids is 2. The molecule has 0 aliphatic carbocycles. The maximum atomic E-state index is 14.4. The SMILES string of the molecule is CC(C)(C)OC(=O)N1CCC2(CCCN(c3ccc(Br)cc3F)C2=O)CC1. The largest absolute Gasteiger partial charge is 0.444 e. The molecule has 0 radical (unpaired) electrons. The second kappa shape index (κ2) is 7.41. The number of nitrogens with zero attached hydrogens (tertiary/aromatic N) is 2. The third-order valence-corrected chi connectivity index (χ3v) is 5.80. The number of hydrogen-bond donors (Lipinski definition) is 0. The molecule has 3 rings (SSSR count). The Morgan fingerprint density at radius 2 is 1.85 bits per heavy atom. The van der Waals surface area contributed by atoms with Gasteiger partial charge >= 0.3 is 6.09 Å². The lowest BCUT2D eigenvalue weighted by atomic mass is 9.71. The Bertz CT molecular complexity index is 739. The van der Waals surface area contributed by atoms with Crippen molar-refractivity contribution in [2.75, 3.05) is 24.5 Å². The summed E-state index contributed by atoms with van der Waals surface area (Å²) in [6.45, 7) is 7.01. The molecule has 0 saturated carbocycles. The first-order valence-corrected chi connectivity index (χ1v) is 10.2. The van der Waals surface area contributed by atoms with Gasteiger partial charge in [0.05, 0.1) is 11.1 Å². The molecular formula is C20H26BrFN2O3. The molecule has 2 aliphatic rings. The lowest BCUT2D eigenvalue weighted by molar-refractivity contribution is -0.133. The fourth-order valence-electron chi connectivity index (χ4n) is 3.91. The summed E-state index contributed by atoms with van der Waals surface area (Å²) in [6, 6.07) is 4.78. The van der Waals surface area contributed by atoms with Gasteiger partial charge in [0.15, 0.2) is 0 Å². The highest BCUT2D eigenvalue weighted by molar-refractivity contribution is 9.10. The van der Waals surface area contributed by atoms with Crippen molar-refractivity contribution in [3.05, 3.63) is 28.5 Å². The van der Waals surface area contributed by atoms with E-state index < -0.39 is 16.8 Å². The molecule has 1 aromatic rings. The highest BCUT2D eigenvalue weighted by atomic mass is 79.9. The topological polar surface area (TPSA) is 49.9 Å². The quantitative estimate of drug-likeness (QED) is 0.633. The van der Waals surface area contributed by atoms with Crippen LogP contribution in [-0.2, 0) is 9.53 Å². The lowest BCUT2D eigenvalue weighted by Crippen LogP contribution is -2.55. The van der Waals surface area contributed by atoms with Crippen LogP contribution >= 0.6 is 15.9 Å². The maximum Gasteiger partial charge on any atom is 0.410 e. The number of ether oxygens (including phenoxy) is 1. The Morgan fingerprint density at radius 1 is 1.19 bits per heavy atom. The van der Waals surface area contributed by atoms with Crippen LogP contribution in [0.1, 0.15) is 46.5 Å². The van der Waals surface area contributed by atoms with E-state index in [9.17, 15) is 14.0 Å². The summed E-state index contributed by atoms with van der Waals surface area (Å²) in [5.74, 6) is -0.431. The van der Waals surface area contributed by atoms with Gasteiger partial charge in [-0.05, 0) is 64.7 Å². The number of halogens is 2. The van der Waals surface area contributed by atoms with E-state index in [1.165, 1.54) is 6.07 Å². The Hall–Kier alpha value is -1.63. The molecular weight excluding hydrogens is 415 g/mol. The average Bonchev–Trinajstić information content (AvgIpc) is 2.57. The third kappa shape index (κ3) is 4.28. The zero-order valence-electron chi connectivity index (χ0n) is 16.1. The van der Waals surface area contributed by atoms with Gasteiger partial charge < -0.3 is 14.5 Å². The van der Waals surface area contributed by atoms with Crippen LogP contribution in [0.25, 0.3) is 0 Å². The molecule has 0 N–H and O–H groups in total. The van der Waals surface area contributed by atoms with Crippen molar-refractivity contribution in [2.45, 2.75) is 52.1 Å². The van der Waals surface area contributed by atoms with Crippen LogP contribution in [0.4, 0.5) is 14.9 Å². The molecule has 1 aromatic carbocycles. The van der Waals surface area contributed by atoms with Crippen molar-refractivity contribution in [3.63, 3.8) is 0 Å². The van der Waals surface area contributed by atoms with Crippen LogP contribution < -0.4 is 4.90 Å². The van der Waals surface area contributed by atoms with Gasteiger partial charge in [-0.3, -0.25) is 4.79 Å². The van der Waals surface area contributed by atoms with Gasteiger partial charge in [0.1, 0.15) is 11.4 Å². The molecule has 0 aromatic heterocycles. The van der Waals surface area contributed by atoms with Crippen molar-refractivity contribution >= 4 is 33.6 Å². The zero-order chi connectivity index (χ0) is 19.8. The van der Waals surface area contributed by atoms with Crippen molar-refractivity contribution in [1.82, 2.24) is 4.90 Å². The molecule has 7 heteroatoms. The van der Waals surface area contributed by atoms with Crippen molar-refractivity contribution < 1.29 is 18.7 Å². The molecule has 2 heterocycles. The summed E-state index contributed by atoms with van der Waals surface area (Å²) >= 11 is 3.25. The number of hydrogen-bond acceptors (Lipinski definition) is 3. The van der Waals surface area contributed by atoms with E-state index in [0.717, 1.165) is 12.8 Å². The Balaban J connectivity index is 1.72. The summed E-state index contributed by atoms with van der Waals surface area (Å²) in [7, 11) is 0. The summed E-state index contributed by atoms with van der Waals surface area (Å²) in [6.07, 6.45) is 2.44. The van der Waals surface area contributed by atoms with Crippen LogP contribution in [0.15, 0.2) is 22.7 Å². The minimum Gasteiger partial charge on any atom is -0.444 e. The number of piperidine rings is 2. The molecule has 5 nitrogen and oxygen atoms in total. The predicted octanol–water partition coefficient (Wildman–Crippen LogP) is 4.73. The van der Waals surface area contributed by atoms with E-state index in [4.69, 9.17) is 4.74 Å². The normalized spacial score (nSPS) is 20.1. The molecule has 2 aliphatic heterocycles. The van der Waals surface area contributed by atoms with Gasteiger partial charge in [0.25, 0.3) is 0 Å². The van der Waals surface area contributed by atoms with E-state index in [0.29, 0.717) is 42.6 Å².